The van der Waals surface area contributed by atoms with Crippen LogP contribution in [0.4, 0.5) is 11.5 Å². The molecule has 0 radical (unpaired) electrons. The molecule has 3 N–H and O–H groups in total. The van der Waals surface area contributed by atoms with Gasteiger partial charge < -0.3 is 16.0 Å². The Morgan fingerprint density at radius 2 is 1.89 bits per heavy atom. The van der Waals surface area contributed by atoms with Crippen LogP contribution in [0.3, 0.4) is 0 Å². The first-order valence-electron chi connectivity index (χ1n) is 12.0. The summed E-state index contributed by atoms with van der Waals surface area (Å²) in [6.45, 7) is 4.40. The fraction of sp³-hybridized carbons (Fsp3) is 0.222. The van der Waals surface area contributed by atoms with E-state index < -0.39 is 0 Å². The summed E-state index contributed by atoms with van der Waals surface area (Å²) in [6.07, 6.45) is 4.64. The highest BCUT2D eigenvalue weighted by molar-refractivity contribution is 6.31. The summed E-state index contributed by atoms with van der Waals surface area (Å²) < 4.78 is 1.90. The molecule has 1 aliphatic carbocycles. The number of nitrogens with one attached hydrogen (secondary N) is 1. The minimum atomic E-state index is -0.249. The van der Waals surface area contributed by atoms with E-state index in [2.05, 4.69) is 21.9 Å². The van der Waals surface area contributed by atoms with Gasteiger partial charge in [-0.1, -0.05) is 36.4 Å². The molecular formula is C27H24ClN7O2. The van der Waals surface area contributed by atoms with Crippen LogP contribution < -0.4 is 11.1 Å². The molecule has 2 aromatic carbocycles. The van der Waals surface area contributed by atoms with Crippen molar-refractivity contribution in [2.75, 3.05) is 17.6 Å². The molecule has 3 unspecified atom stereocenters. The van der Waals surface area contributed by atoms with Crippen LogP contribution in [0.2, 0.25) is 5.02 Å². The van der Waals surface area contributed by atoms with Crippen molar-refractivity contribution in [1.82, 2.24) is 24.6 Å². The van der Waals surface area contributed by atoms with Gasteiger partial charge in [0.05, 0.1) is 17.5 Å². The third-order valence-electron chi connectivity index (χ3n) is 7.24. The standard InChI is InChI=1S/C27H24ClN7O2/c1-2-22(36)34-13-15-10-20(34)21(11-15)35-26-23(25(29)30-14-31-26)24(33-35)16-6-8-17(9-7-16)27(37)32-19-5-3-4-18(28)12-19/h2-9,12,14-15,20-21H,1,10-11,13H2,(H,32,37)(H2,29,30,31). The van der Waals surface area contributed by atoms with Gasteiger partial charge in [-0.05, 0) is 55.2 Å². The first kappa shape index (κ1) is 23.2. The topological polar surface area (TPSA) is 119 Å². The summed E-state index contributed by atoms with van der Waals surface area (Å²) in [7, 11) is 0. The summed E-state index contributed by atoms with van der Waals surface area (Å²) in [5.74, 6) is 0.435. The number of carbonyl (C=O) groups excluding carboxylic acids is 2. The molecule has 0 spiro atoms. The molecule has 3 heterocycles. The number of nitrogens with two attached hydrogens (primary N) is 1. The highest BCUT2D eigenvalue weighted by atomic mass is 35.5. The molecule has 1 saturated carbocycles. The number of likely N-dealkylation sites (tertiary alicyclic amines) is 1. The first-order chi connectivity index (χ1) is 17.9. The van der Waals surface area contributed by atoms with Crippen molar-refractivity contribution in [2.24, 2.45) is 5.92 Å². The molecule has 186 valence electrons. The molecule has 2 bridgehead atoms. The zero-order valence-electron chi connectivity index (χ0n) is 19.8. The minimum absolute atomic E-state index is 0.0176. The van der Waals surface area contributed by atoms with Gasteiger partial charge in [-0.15, -0.1) is 0 Å². The van der Waals surface area contributed by atoms with Gasteiger partial charge >= 0.3 is 0 Å². The summed E-state index contributed by atoms with van der Waals surface area (Å²) in [4.78, 5) is 35.8. The zero-order valence-corrected chi connectivity index (χ0v) is 20.6. The highest BCUT2D eigenvalue weighted by Gasteiger charge is 2.48. The molecule has 1 aliphatic heterocycles. The van der Waals surface area contributed by atoms with Crippen LogP contribution in [0.1, 0.15) is 29.2 Å². The number of nitrogen functional groups attached to an aromatic ring is 1. The second kappa shape index (κ2) is 9.01. The van der Waals surface area contributed by atoms with Crippen LogP contribution in [-0.4, -0.2) is 49.0 Å². The van der Waals surface area contributed by atoms with Crippen molar-refractivity contribution in [3.63, 3.8) is 0 Å². The Morgan fingerprint density at radius 1 is 1.11 bits per heavy atom. The third kappa shape index (κ3) is 4.01. The molecule has 37 heavy (non-hydrogen) atoms. The predicted molar refractivity (Wildman–Crippen MR) is 142 cm³/mol. The number of aromatic nitrogens is 4. The van der Waals surface area contributed by atoms with E-state index >= 15 is 0 Å². The lowest BCUT2D eigenvalue weighted by molar-refractivity contribution is -0.128. The van der Waals surface area contributed by atoms with E-state index in [1.54, 1.807) is 36.4 Å². The van der Waals surface area contributed by atoms with E-state index in [0.717, 1.165) is 24.9 Å². The molecule has 6 rings (SSSR count). The van der Waals surface area contributed by atoms with Crippen molar-refractivity contribution < 1.29 is 9.59 Å². The van der Waals surface area contributed by atoms with E-state index in [0.29, 0.717) is 44.7 Å². The Bertz CT molecular complexity index is 1550. The maximum absolute atomic E-state index is 12.7. The number of piperidine rings is 1. The third-order valence-corrected chi connectivity index (χ3v) is 7.48. The Morgan fingerprint density at radius 3 is 2.62 bits per heavy atom. The first-order valence-corrected chi connectivity index (χ1v) is 12.4. The van der Waals surface area contributed by atoms with Crippen LogP contribution in [0.15, 0.2) is 67.5 Å². The summed E-state index contributed by atoms with van der Waals surface area (Å²) in [6, 6.07) is 14.1. The number of fused-ring (bicyclic) bond motifs is 3. The Labute approximate surface area is 217 Å². The van der Waals surface area contributed by atoms with Gasteiger partial charge in [-0.3, -0.25) is 9.59 Å². The van der Waals surface area contributed by atoms with Crippen molar-refractivity contribution in [3.05, 3.63) is 78.1 Å². The Hall–Kier alpha value is -4.24. The number of halogens is 1. The van der Waals surface area contributed by atoms with E-state index in [1.165, 1.54) is 12.4 Å². The predicted octanol–water partition coefficient (Wildman–Crippen LogP) is 4.33. The van der Waals surface area contributed by atoms with Crippen LogP contribution in [-0.2, 0) is 4.79 Å². The molecule has 2 fully saturated rings. The van der Waals surface area contributed by atoms with Crippen LogP contribution in [0.25, 0.3) is 22.3 Å². The second-order valence-corrected chi connectivity index (χ2v) is 9.90. The molecule has 4 aromatic rings. The van der Waals surface area contributed by atoms with Crippen LogP contribution in [0.5, 0.6) is 0 Å². The number of nitrogens with zero attached hydrogens (tertiary/aromatic N) is 5. The number of rotatable bonds is 5. The van der Waals surface area contributed by atoms with E-state index in [-0.39, 0.29) is 23.9 Å². The normalized spacial score (nSPS) is 20.4. The number of hydrogen-bond acceptors (Lipinski definition) is 6. The SMILES string of the molecule is C=CC(=O)N1CC2CC1C(n1nc(-c3ccc(C(=O)Nc4cccc(Cl)c4)cc3)c3c(N)ncnc31)C2. The monoisotopic (exact) mass is 513 g/mol. The summed E-state index contributed by atoms with van der Waals surface area (Å²) in [5, 5.41) is 9.00. The Balaban J connectivity index is 1.34. The van der Waals surface area contributed by atoms with Gasteiger partial charge in [0, 0.05) is 28.4 Å². The lowest BCUT2D eigenvalue weighted by Crippen LogP contribution is -2.42. The van der Waals surface area contributed by atoms with Gasteiger partial charge in [0.25, 0.3) is 5.91 Å². The zero-order chi connectivity index (χ0) is 25.7. The van der Waals surface area contributed by atoms with Crippen molar-refractivity contribution in [3.8, 4) is 11.3 Å². The fourth-order valence-corrected chi connectivity index (χ4v) is 5.79. The number of anilines is 2. The smallest absolute Gasteiger partial charge is 0.255 e. The Kier molecular flexibility index (Phi) is 5.64. The maximum atomic E-state index is 12.7. The van der Waals surface area contributed by atoms with E-state index in [4.69, 9.17) is 22.4 Å². The van der Waals surface area contributed by atoms with Crippen LogP contribution in [0, 0.1) is 5.92 Å². The molecule has 2 aliphatic rings. The average molecular weight is 514 g/mol. The fourth-order valence-electron chi connectivity index (χ4n) is 5.60. The molecule has 2 amide bonds. The molecule has 9 nitrogen and oxygen atoms in total. The molecule has 10 heteroatoms. The van der Waals surface area contributed by atoms with Gasteiger partial charge in [0.2, 0.25) is 5.91 Å². The lowest BCUT2D eigenvalue weighted by Gasteiger charge is -2.32. The van der Waals surface area contributed by atoms with E-state index in [1.807, 2.05) is 21.7 Å². The van der Waals surface area contributed by atoms with Crippen molar-refractivity contribution >= 4 is 46.0 Å². The largest absolute Gasteiger partial charge is 0.383 e. The van der Waals surface area contributed by atoms with Gasteiger partial charge in [0.1, 0.15) is 17.8 Å². The van der Waals surface area contributed by atoms with Crippen molar-refractivity contribution in [2.45, 2.75) is 24.9 Å². The maximum Gasteiger partial charge on any atom is 0.255 e. The number of amides is 2. The average Bonchev–Trinajstić information content (AvgIpc) is 3.62. The number of carbonyl (C=O) groups is 2. The summed E-state index contributed by atoms with van der Waals surface area (Å²) >= 11 is 6.02. The highest BCUT2D eigenvalue weighted by Crippen LogP contribution is 2.46. The molecule has 3 atom stereocenters. The van der Waals surface area contributed by atoms with Gasteiger partial charge in [0.15, 0.2) is 5.65 Å². The van der Waals surface area contributed by atoms with Gasteiger partial charge in [-0.25, -0.2) is 14.6 Å². The van der Waals surface area contributed by atoms with E-state index in [9.17, 15) is 9.59 Å². The van der Waals surface area contributed by atoms with Crippen molar-refractivity contribution in [1.29, 1.82) is 0 Å². The molecular weight excluding hydrogens is 490 g/mol. The lowest BCUT2D eigenvalue weighted by atomic mass is 10.1. The number of benzene rings is 2. The molecule has 1 saturated heterocycles. The number of hydrogen-bond donors (Lipinski definition) is 2. The van der Waals surface area contributed by atoms with Crippen LogP contribution >= 0.6 is 11.6 Å². The summed E-state index contributed by atoms with van der Waals surface area (Å²) in [5.41, 5.74) is 9.46. The minimum Gasteiger partial charge on any atom is -0.383 e. The second-order valence-electron chi connectivity index (χ2n) is 9.46. The molecule has 2 aromatic heterocycles. The quantitative estimate of drug-likeness (QED) is 0.383. The van der Waals surface area contributed by atoms with Gasteiger partial charge in [-0.2, -0.15) is 5.10 Å².